The maximum Gasteiger partial charge on any atom is 0.127 e. The van der Waals surface area contributed by atoms with E-state index in [1.54, 1.807) is 12.1 Å². The molecule has 0 bridgehead atoms. The predicted molar refractivity (Wildman–Crippen MR) is 52.6 cm³/mol. The Morgan fingerprint density at radius 2 is 2.25 bits per heavy atom. The summed E-state index contributed by atoms with van der Waals surface area (Å²) in [5.74, 6) is -0.147. The van der Waals surface area contributed by atoms with E-state index < -0.39 is 0 Å². The van der Waals surface area contributed by atoms with Crippen molar-refractivity contribution in [2.75, 3.05) is 0 Å². The molecule has 0 radical (unpaired) electrons. The van der Waals surface area contributed by atoms with Crippen molar-refractivity contribution >= 4 is 15.9 Å². The molecule has 12 heavy (non-hydrogen) atoms. The van der Waals surface area contributed by atoms with Crippen LogP contribution in [0.3, 0.4) is 0 Å². The molecule has 1 rings (SSSR count). The molecule has 0 heterocycles. The minimum Gasteiger partial charge on any atom is -0.207 e. The van der Waals surface area contributed by atoms with Gasteiger partial charge in [-0.3, -0.25) is 0 Å². The highest BCUT2D eigenvalue weighted by atomic mass is 79.9. The lowest BCUT2D eigenvalue weighted by Gasteiger charge is -2.00. The molecule has 0 aliphatic heterocycles. The van der Waals surface area contributed by atoms with Crippen LogP contribution in [0.2, 0.25) is 0 Å². The van der Waals surface area contributed by atoms with Gasteiger partial charge in [-0.1, -0.05) is 28.1 Å². The first-order valence-electron chi connectivity index (χ1n) is 3.79. The smallest absolute Gasteiger partial charge is 0.127 e. The van der Waals surface area contributed by atoms with Crippen molar-refractivity contribution in [2.45, 2.75) is 12.8 Å². The van der Waals surface area contributed by atoms with Crippen LogP contribution < -0.4 is 0 Å². The normalized spacial score (nSPS) is 9.83. The van der Waals surface area contributed by atoms with E-state index in [4.69, 9.17) is 0 Å². The van der Waals surface area contributed by atoms with Crippen LogP contribution in [0.4, 0.5) is 4.39 Å². The van der Waals surface area contributed by atoms with Crippen LogP contribution in [0, 0.1) is 5.82 Å². The lowest BCUT2D eigenvalue weighted by Crippen LogP contribution is -1.88. The summed E-state index contributed by atoms with van der Waals surface area (Å²) in [7, 11) is 0. The second-order valence-corrected chi connectivity index (χ2v) is 3.48. The van der Waals surface area contributed by atoms with Crippen LogP contribution >= 0.6 is 15.9 Å². The summed E-state index contributed by atoms with van der Waals surface area (Å²) in [4.78, 5) is 0. The van der Waals surface area contributed by atoms with E-state index in [1.165, 1.54) is 6.07 Å². The second-order valence-electron chi connectivity index (χ2n) is 2.56. The maximum atomic E-state index is 13.1. The fraction of sp³-hybridized carbons (Fsp3) is 0.200. The average molecular weight is 229 g/mol. The Labute approximate surface area is 80.2 Å². The van der Waals surface area contributed by atoms with Crippen molar-refractivity contribution in [3.8, 4) is 0 Å². The third kappa shape index (κ3) is 2.45. The number of allylic oxidation sites excluding steroid dienone is 1. The van der Waals surface area contributed by atoms with Crippen LogP contribution in [0.1, 0.15) is 12.0 Å². The summed E-state index contributed by atoms with van der Waals surface area (Å²) in [6, 6.07) is 5.13. The molecule has 0 saturated heterocycles. The monoisotopic (exact) mass is 228 g/mol. The first-order chi connectivity index (χ1) is 5.74. The van der Waals surface area contributed by atoms with Crippen LogP contribution in [0.5, 0.6) is 0 Å². The summed E-state index contributed by atoms with van der Waals surface area (Å²) in [6.07, 6.45) is 3.34. The molecular weight excluding hydrogens is 219 g/mol. The molecule has 0 spiro atoms. The van der Waals surface area contributed by atoms with Gasteiger partial charge in [0.05, 0.1) is 0 Å². The zero-order valence-corrected chi connectivity index (χ0v) is 8.27. The molecule has 1 aromatic carbocycles. The molecule has 0 nitrogen and oxygen atoms in total. The van der Waals surface area contributed by atoms with Gasteiger partial charge in [0.2, 0.25) is 0 Å². The molecule has 0 fully saturated rings. The molecule has 0 amide bonds. The van der Waals surface area contributed by atoms with Gasteiger partial charge in [-0.2, -0.15) is 0 Å². The largest absolute Gasteiger partial charge is 0.207 e. The SMILES string of the molecule is C=CCCc1ccc(Br)cc1F. The Hall–Kier alpha value is -0.630. The standard InChI is InChI=1S/C10H10BrF/c1-2-3-4-8-5-6-9(11)7-10(8)12/h2,5-7H,1,3-4H2. The molecule has 0 unspecified atom stereocenters. The Morgan fingerprint density at radius 3 is 2.83 bits per heavy atom. The summed E-state index contributed by atoms with van der Waals surface area (Å²) < 4.78 is 13.9. The average Bonchev–Trinajstić information content (AvgIpc) is 2.03. The third-order valence-corrected chi connectivity index (χ3v) is 2.13. The van der Waals surface area contributed by atoms with Gasteiger partial charge in [-0.05, 0) is 30.5 Å². The molecule has 0 atom stereocenters. The van der Waals surface area contributed by atoms with Crippen LogP contribution in [0.15, 0.2) is 35.3 Å². The van der Waals surface area contributed by atoms with Crippen LogP contribution in [0.25, 0.3) is 0 Å². The summed E-state index contributed by atoms with van der Waals surface area (Å²) >= 11 is 3.20. The number of hydrogen-bond acceptors (Lipinski definition) is 0. The molecule has 0 N–H and O–H groups in total. The minimum absolute atomic E-state index is 0.147. The van der Waals surface area contributed by atoms with E-state index in [-0.39, 0.29) is 5.82 Å². The zero-order valence-electron chi connectivity index (χ0n) is 6.69. The zero-order chi connectivity index (χ0) is 8.97. The van der Waals surface area contributed by atoms with Crippen molar-refractivity contribution in [1.82, 2.24) is 0 Å². The van der Waals surface area contributed by atoms with E-state index in [0.29, 0.717) is 0 Å². The Morgan fingerprint density at radius 1 is 1.50 bits per heavy atom. The Kier molecular flexibility index (Phi) is 3.48. The first-order valence-corrected chi connectivity index (χ1v) is 4.58. The number of rotatable bonds is 3. The highest BCUT2D eigenvalue weighted by Gasteiger charge is 2.00. The van der Waals surface area contributed by atoms with Gasteiger partial charge in [-0.15, -0.1) is 6.58 Å². The van der Waals surface area contributed by atoms with Crippen LogP contribution in [-0.4, -0.2) is 0 Å². The molecule has 1 aromatic rings. The van der Waals surface area contributed by atoms with E-state index in [0.717, 1.165) is 22.9 Å². The topological polar surface area (TPSA) is 0 Å². The minimum atomic E-state index is -0.147. The van der Waals surface area contributed by atoms with E-state index >= 15 is 0 Å². The highest BCUT2D eigenvalue weighted by molar-refractivity contribution is 9.10. The number of aryl methyl sites for hydroxylation is 1. The van der Waals surface area contributed by atoms with Crippen molar-refractivity contribution in [1.29, 1.82) is 0 Å². The van der Waals surface area contributed by atoms with Gasteiger partial charge < -0.3 is 0 Å². The van der Waals surface area contributed by atoms with Gasteiger partial charge in [0.1, 0.15) is 5.82 Å². The summed E-state index contributed by atoms with van der Waals surface area (Å²) in [6.45, 7) is 3.59. The Balaban J connectivity index is 2.78. The van der Waals surface area contributed by atoms with Crippen molar-refractivity contribution in [3.63, 3.8) is 0 Å². The fourth-order valence-corrected chi connectivity index (χ4v) is 1.32. The summed E-state index contributed by atoms with van der Waals surface area (Å²) in [5.41, 5.74) is 0.748. The van der Waals surface area contributed by atoms with E-state index in [2.05, 4.69) is 22.5 Å². The number of hydrogen-bond donors (Lipinski definition) is 0. The molecule has 0 aliphatic rings. The lowest BCUT2D eigenvalue weighted by atomic mass is 10.1. The second kappa shape index (κ2) is 4.41. The first kappa shape index (κ1) is 9.46. The predicted octanol–water partition coefficient (Wildman–Crippen LogP) is 3.71. The maximum absolute atomic E-state index is 13.1. The van der Waals surface area contributed by atoms with Crippen molar-refractivity contribution < 1.29 is 4.39 Å². The third-order valence-electron chi connectivity index (χ3n) is 1.63. The quantitative estimate of drug-likeness (QED) is 0.693. The molecular formula is C10H10BrF. The summed E-state index contributed by atoms with van der Waals surface area (Å²) in [5, 5.41) is 0. The lowest BCUT2D eigenvalue weighted by molar-refractivity contribution is 0.608. The van der Waals surface area contributed by atoms with Gasteiger partial charge in [0, 0.05) is 4.47 Å². The molecule has 0 aromatic heterocycles. The van der Waals surface area contributed by atoms with E-state index in [1.807, 2.05) is 6.07 Å². The number of benzene rings is 1. The van der Waals surface area contributed by atoms with Gasteiger partial charge in [-0.25, -0.2) is 4.39 Å². The van der Waals surface area contributed by atoms with Crippen molar-refractivity contribution in [2.24, 2.45) is 0 Å². The van der Waals surface area contributed by atoms with Gasteiger partial charge in [0.25, 0.3) is 0 Å². The van der Waals surface area contributed by atoms with Crippen molar-refractivity contribution in [3.05, 3.63) is 46.7 Å². The molecule has 0 saturated carbocycles. The highest BCUT2D eigenvalue weighted by Crippen LogP contribution is 2.16. The van der Waals surface area contributed by atoms with E-state index in [9.17, 15) is 4.39 Å². The van der Waals surface area contributed by atoms with Crippen LogP contribution in [-0.2, 0) is 6.42 Å². The van der Waals surface area contributed by atoms with Gasteiger partial charge >= 0.3 is 0 Å². The molecule has 0 aliphatic carbocycles. The molecule has 64 valence electrons. The number of halogens is 2. The van der Waals surface area contributed by atoms with Gasteiger partial charge in [0.15, 0.2) is 0 Å². The Bertz CT molecular complexity index is 281. The molecule has 2 heteroatoms. The fourth-order valence-electron chi connectivity index (χ4n) is 0.982.